The zero-order valence-electron chi connectivity index (χ0n) is 33.3. The molecule has 15 heteroatoms. The van der Waals surface area contributed by atoms with Gasteiger partial charge in [-0.05, 0) is 120 Å². The first kappa shape index (κ1) is 39.4. The molecule has 0 aliphatic heterocycles. The predicted octanol–water partition coefficient (Wildman–Crippen LogP) is 8.51. The third-order valence-corrected chi connectivity index (χ3v) is 9.48. The number of aromatic amines is 1. The van der Waals surface area contributed by atoms with Gasteiger partial charge in [0.15, 0.2) is 5.75 Å². The van der Waals surface area contributed by atoms with Gasteiger partial charge in [-0.15, -0.1) is 5.11 Å². The van der Waals surface area contributed by atoms with E-state index in [1.807, 2.05) is 76.7 Å². The second kappa shape index (κ2) is 18.0. The quantitative estimate of drug-likeness (QED) is 0.0385. The normalized spacial score (nSPS) is 11.6. The number of azo groups is 1. The number of carbonyl (C=O) groups is 1. The van der Waals surface area contributed by atoms with Crippen molar-refractivity contribution in [1.29, 1.82) is 0 Å². The van der Waals surface area contributed by atoms with Gasteiger partial charge in [0.2, 0.25) is 17.8 Å². The maximum Gasteiger partial charge on any atom is 0.259 e. The van der Waals surface area contributed by atoms with Crippen LogP contribution in [0.2, 0.25) is 0 Å². The number of methoxy groups -OCH3 is 1. The molecule has 0 aliphatic carbocycles. The molecule has 0 atom stereocenters. The molecule has 2 heterocycles. The first-order chi connectivity index (χ1) is 28.1. The van der Waals surface area contributed by atoms with Crippen molar-refractivity contribution >= 4 is 79.1 Å². The van der Waals surface area contributed by atoms with Crippen LogP contribution in [-0.4, -0.2) is 102 Å². The fourth-order valence-electron chi connectivity index (χ4n) is 6.55. The number of benzene rings is 5. The van der Waals surface area contributed by atoms with Gasteiger partial charge in [-0.25, -0.2) is 0 Å². The number of amides is 1. The number of aromatic hydroxyl groups is 1. The molecule has 0 unspecified atom stereocenters. The van der Waals surface area contributed by atoms with Gasteiger partial charge in [0.25, 0.3) is 5.91 Å². The van der Waals surface area contributed by atoms with Gasteiger partial charge in [0.05, 0.1) is 23.9 Å². The Morgan fingerprint density at radius 2 is 1.40 bits per heavy atom. The summed E-state index contributed by atoms with van der Waals surface area (Å²) in [4.78, 5) is 35.3. The van der Waals surface area contributed by atoms with E-state index in [2.05, 4.69) is 61.2 Å². The Labute approximate surface area is 336 Å². The molecule has 1 amide bonds. The van der Waals surface area contributed by atoms with Crippen LogP contribution in [0.3, 0.4) is 0 Å². The molecule has 58 heavy (non-hydrogen) atoms. The van der Waals surface area contributed by atoms with Crippen molar-refractivity contribution in [2.45, 2.75) is 12.8 Å². The summed E-state index contributed by atoms with van der Waals surface area (Å²) >= 11 is 0. The number of carbonyl (C=O) groups excluding carboxylic acids is 1. The monoisotopic (exact) mass is 780 g/mol. The van der Waals surface area contributed by atoms with Crippen LogP contribution in [0.25, 0.3) is 32.6 Å². The minimum atomic E-state index is -0.495. The summed E-state index contributed by atoms with van der Waals surface area (Å²) in [5.74, 6) is 1.22. The van der Waals surface area contributed by atoms with E-state index >= 15 is 0 Å². The number of ether oxygens (including phenoxy) is 1. The number of hydrogen-bond donors (Lipinski definition) is 6. The first-order valence-electron chi connectivity index (χ1n) is 19.1. The summed E-state index contributed by atoms with van der Waals surface area (Å²) in [6, 6.07) is 27.8. The van der Waals surface area contributed by atoms with Crippen molar-refractivity contribution in [3.05, 3.63) is 96.6 Å². The Morgan fingerprint density at radius 1 is 0.759 bits per heavy atom. The van der Waals surface area contributed by atoms with Crippen molar-refractivity contribution in [2.24, 2.45) is 10.2 Å². The summed E-state index contributed by atoms with van der Waals surface area (Å²) in [5, 5.41) is 37.1. The molecule has 0 saturated carbocycles. The molecular weight excluding hydrogens is 733 g/mol. The number of aromatic nitrogens is 4. The van der Waals surface area contributed by atoms with Crippen LogP contribution in [0.15, 0.2) is 101 Å². The Kier molecular flexibility index (Phi) is 12.2. The van der Waals surface area contributed by atoms with E-state index in [1.165, 1.54) is 0 Å². The molecule has 0 saturated heterocycles. The highest BCUT2D eigenvalue weighted by Crippen LogP contribution is 2.44. The van der Waals surface area contributed by atoms with Crippen molar-refractivity contribution in [1.82, 2.24) is 29.7 Å². The second-order valence-electron chi connectivity index (χ2n) is 14.4. The molecule has 0 bridgehead atoms. The van der Waals surface area contributed by atoms with Crippen LogP contribution in [0.1, 0.15) is 23.2 Å². The smallest absolute Gasteiger partial charge is 0.259 e. The number of fused-ring (bicyclic) bond motifs is 5. The van der Waals surface area contributed by atoms with Crippen LogP contribution >= 0.6 is 0 Å². The fraction of sp³-hybridized carbons (Fsp3) is 0.256. The Bertz CT molecular complexity index is 2520. The first-order valence-corrected chi connectivity index (χ1v) is 19.1. The van der Waals surface area contributed by atoms with Gasteiger partial charge < -0.3 is 45.9 Å². The SMILES string of the molecule is COc1ccc(NC(=O)c2cc3ccc4c5ccccc5[nH]c4c3c(N=Nc3ccc(Nc4nc(NCCCN(C)C)nc(NCCCN(C)C)n4)cc3)c2O)cc1. The van der Waals surface area contributed by atoms with Gasteiger partial charge >= 0.3 is 0 Å². The number of para-hydroxylation sites is 1. The number of phenols is 1. The van der Waals surface area contributed by atoms with Gasteiger partial charge in [-0.1, -0.05) is 30.3 Å². The molecule has 6 N–H and O–H groups in total. The van der Waals surface area contributed by atoms with E-state index in [0.717, 1.165) is 53.4 Å². The minimum absolute atomic E-state index is 0.0581. The molecule has 0 spiro atoms. The standard InChI is InChI=1S/C43H48N12O3/c1-54(2)24-8-22-44-41-49-42(45-23-9-25-55(3)4)51-43(50-41)47-29-13-15-30(16-14-29)52-53-38-36-27(12-21-33-32-10-6-7-11-35(32)48-37(33)36)26-34(39(38)56)40(57)46-28-17-19-31(58-5)20-18-28/h6-7,10-21,26,48,56H,8-9,22-25H2,1-5H3,(H,46,57)(H3,44,45,47,49,50,51). The summed E-state index contributed by atoms with van der Waals surface area (Å²) in [7, 11) is 9.76. The van der Waals surface area contributed by atoms with Crippen LogP contribution < -0.4 is 26.0 Å². The van der Waals surface area contributed by atoms with Crippen molar-refractivity contribution < 1.29 is 14.6 Å². The topological polar surface area (TPSA) is 180 Å². The average molecular weight is 781 g/mol. The van der Waals surface area contributed by atoms with Gasteiger partial charge in [-0.2, -0.15) is 20.1 Å². The van der Waals surface area contributed by atoms with Gasteiger partial charge in [0, 0.05) is 46.1 Å². The summed E-state index contributed by atoms with van der Waals surface area (Å²) in [6.07, 6.45) is 1.87. The van der Waals surface area contributed by atoms with E-state index in [-0.39, 0.29) is 17.0 Å². The van der Waals surface area contributed by atoms with Crippen LogP contribution in [0.5, 0.6) is 11.5 Å². The lowest BCUT2D eigenvalue weighted by Gasteiger charge is -2.13. The molecule has 15 nitrogen and oxygen atoms in total. The zero-order chi connectivity index (χ0) is 40.6. The van der Waals surface area contributed by atoms with Crippen molar-refractivity contribution in [3.63, 3.8) is 0 Å². The largest absolute Gasteiger partial charge is 0.505 e. The molecule has 298 valence electrons. The lowest BCUT2D eigenvalue weighted by atomic mass is 10.00. The highest BCUT2D eigenvalue weighted by molar-refractivity contribution is 6.22. The van der Waals surface area contributed by atoms with E-state index in [0.29, 0.717) is 58.8 Å². The van der Waals surface area contributed by atoms with E-state index < -0.39 is 5.91 Å². The fourth-order valence-corrected chi connectivity index (χ4v) is 6.55. The Hall–Kier alpha value is -6.84. The van der Waals surface area contributed by atoms with Crippen LogP contribution in [0, 0.1) is 0 Å². The Morgan fingerprint density at radius 3 is 2.05 bits per heavy atom. The van der Waals surface area contributed by atoms with Crippen LogP contribution in [0.4, 0.5) is 40.6 Å². The number of rotatable bonds is 17. The molecule has 7 aromatic rings. The number of phenolic OH excluding ortho intramolecular Hbond substituents is 1. The number of nitrogens with zero attached hydrogens (tertiary/aromatic N) is 7. The van der Waals surface area contributed by atoms with Gasteiger partial charge in [0.1, 0.15) is 11.4 Å². The molecule has 2 aromatic heterocycles. The van der Waals surface area contributed by atoms with E-state index in [9.17, 15) is 9.90 Å². The molecular formula is C43H48N12O3. The number of hydrogen-bond acceptors (Lipinski definition) is 13. The third-order valence-electron chi connectivity index (χ3n) is 9.48. The molecule has 5 aromatic carbocycles. The molecule has 7 rings (SSSR count). The minimum Gasteiger partial charge on any atom is -0.505 e. The summed E-state index contributed by atoms with van der Waals surface area (Å²) in [6.45, 7) is 3.32. The number of nitrogens with one attached hydrogen (secondary N) is 5. The molecule has 0 aliphatic rings. The zero-order valence-corrected chi connectivity index (χ0v) is 33.3. The lowest BCUT2D eigenvalue weighted by molar-refractivity contribution is 0.102. The number of anilines is 5. The number of H-pyrrole nitrogens is 1. The maximum absolute atomic E-state index is 13.7. The maximum atomic E-state index is 13.7. The highest BCUT2D eigenvalue weighted by Gasteiger charge is 2.22. The van der Waals surface area contributed by atoms with Gasteiger partial charge in [-0.3, -0.25) is 4.79 Å². The van der Waals surface area contributed by atoms with Crippen molar-refractivity contribution in [3.8, 4) is 11.5 Å². The van der Waals surface area contributed by atoms with E-state index in [1.54, 1.807) is 49.6 Å². The van der Waals surface area contributed by atoms with Crippen LogP contribution in [-0.2, 0) is 0 Å². The molecule has 0 radical (unpaired) electrons. The second-order valence-corrected chi connectivity index (χ2v) is 14.4. The van der Waals surface area contributed by atoms with Crippen molar-refractivity contribution in [2.75, 3.05) is 82.7 Å². The summed E-state index contributed by atoms with van der Waals surface area (Å²) < 4.78 is 5.25. The average Bonchev–Trinajstić information content (AvgIpc) is 3.60. The lowest BCUT2D eigenvalue weighted by Crippen LogP contribution is -2.19. The highest BCUT2D eigenvalue weighted by atomic mass is 16.5. The predicted molar refractivity (Wildman–Crippen MR) is 233 cm³/mol. The van der Waals surface area contributed by atoms with E-state index in [4.69, 9.17) is 4.74 Å². The summed E-state index contributed by atoms with van der Waals surface area (Å²) in [5.41, 5.74) is 3.74. The third kappa shape index (κ3) is 9.40. The molecule has 0 fully saturated rings. The Balaban J connectivity index is 1.17.